The number of ether oxygens (including phenoxy) is 1. The van der Waals surface area contributed by atoms with Crippen LogP contribution >= 0.6 is 0 Å². The Labute approximate surface area is 92.1 Å². The van der Waals surface area contributed by atoms with Crippen LogP contribution in [0.5, 0.6) is 0 Å². The van der Waals surface area contributed by atoms with Crippen molar-refractivity contribution in [1.29, 1.82) is 0 Å². The summed E-state index contributed by atoms with van der Waals surface area (Å²) in [6.45, 7) is 6.76. The minimum absolute atomic E-state index is 0.0524. The molecule has 3 nitrogen and oxygen atoms in total. The number of rotatable bonds is 5. The summed E-state index contributed by atoms with van der Waals surface area (Å²) in [5.41, 5.74) is 0. The highest BCUT2D eigenvalue weighted by atomic mass is 16.5. The first-order valence-electron chi connectivity index (χ1n) is 5.69. The van der Waals surface area contributed by atoms with Crippen LogP contribution in [0.2, 0.25) is 0 Å². The lowest BCUT2D eigenvalue weighted by Crippen LogP contribution is -2.39. The Kier molecular flexibility index (Phi) is 5.40. The summed E-state index contributed by atoms with van der Waals surface area (Å²) in [4.78, 5) is 13.7. The molecule has 1 saturated heterocycles. The van der Waals surface area contributed by atoms with Crippen LogP contribution in [0.3, 0.4) is 0 Å². The summed E-state index contributed by atoms with van der Waals surface area (Å²) in [6.07, 6.45) is 6.22. The third-order valence-electron chi connectivity index (χ3n) is 2.92. The molecule has 1 fully saturated rings. The molecule has 1 aliphatic rings. The molecule has 1 rings (SSSR count). The highest BCUT2D eigenvalue weighted by Crippen LogP contribution is 2.17. The van der Waals surface area contributed by atoms with E-state index in [-0.39, 0.29) is 11.9 Å². The molecule has 15 heavy (non-hydrogen) atoms. The fraction of sp³-hybridized carbons (Fsp3) is 0.750. The molecule has 0 aromatic heterocycles. The minimum Gasteiger partial charge on any atom is -0.469 e. The van der Waals surface area contributed by atoms with E-state index < -0.39 is 0 Å². The Hall–Kier alpha value is -0.830. The van der Waals surface area contributed by atoms with E-state index >= 15 is 0 Å². The molecule has 1 aliphatic heterocycles. The highest BCUT2D eigenvalue weighted by Gasteiger charge is 2.25. The van der Waals surface area contributed by atoms with E-state index in [1.165, 1.54) is 7.11 Å². The van der Waals surface area contributed by atoms with E-state index in [0.29, 0.717) is 0 Å². The van der Waals surface area contributed by atoms with Crippen molar-refractivity contribution in [3.8, 4) is 0 Å². The summed E-state index contributed by atoms with van der Waals surface area (Å²) in [5, 5.41) is 0. The smallest absolute Gasteiger partial charge is 0.309 e. The number of methoxy groups -OCH3 is 1. The maximum absolute atomic E-state index is 11.4. The van der Waals surface area contributed by atoms with Crippen LogP contribution < -0.4 is 0 Å². The lowest BCUT2D eigenvalue weighted by atomic mass is 9.98. The van der Waals surface area contributed by atoms with E-state index in [1.54, 1.807) is 0 Å². The number of likely N-dealkylation sites (tertiary alicyclic amines) is 1. The van der Waals surface area contributed by atoms with Gasteiger partial charge < -0.3 is 9.64 Å². The molecule has 0 bridgehead atoms. The van der Waals surface area contributed by atoms with Gasteiger partial charge in [-0.15, -0.1) is 6.58 Å². The number of unbranched alkanes of at least 4 members (excludes halogenated alkanes) is 1. The predicted molar refractivity (Wildman–Crippen MR) is 60.6 cm³/mol. The monoisotopic (exact) mass is 211 g/mol. The van der Waals surface area contributed by atoms with Gasteiger partial charge in [0.25, 0.3) is 0 Å². The summed E-state index contributed by atoms with van der Waals surface area (Å²) in [7, 11) is 1.47. The van der Waals surface area contributed by atoms with Crippen molar-refractivity contribution in [3.63, 3.8) is 0 Å². The van der Waals surface area contributed by atoms with E-state index in [1.807, 2.05) is 6.08 Å². The molecule has 0 unspecified atom stereocenters. The Bertz CT molecular complexity index is 216. The van der Waals surface area contributed by atoms with Gasteiger partial charge in [0.15, 0.2) is 0 Å². The van der Waals surface area contributed by atoms with Crippen LogP contribution in [0.25, 0.3) is 0 Å². The quantitative estimate of drug-likeness (QED) is 0.395. The number of hydrogen-bond acceptors (Lipinski definition) is 3. The zero-order chi connectivity index (χ0) is 11.1. The fourth-order valence-corrected chi connectivity index (χ4v) is 2.08. The van der Waals surface area contributed by atoms with Crippen molar-refractivity contribution in [1.82, 2.24) is 4.90 Å². The lowest BCUT2D eigenvalue weighted by molar-refractivity contribution is -0.147. The predicted octanol–water partition coefficient (Wildman–Crippen LogP) is 1.84. The molecule has 0 amide bonds. The van der Waals surface area contributed by atoms with Gasteiger partial charge in [-0.2, -0.15) is 0 Å². The number of piperidine rings is 1. The second-order valence-electron chi connectivity index (χ2n) is 4.09. The van der Waals surface area contributed by atoms with E-state index in [2.05, 4.69) is 11.5 Å². The van der Waals surface area contributed by atoms with Crippen LogP contribution in [0, 0.1) is 5.92 Å². The Balaban J connectivity index is 2.28. The maximum atomic E-state index is 11.4. The van der Waals surface area contributed by atoms with E-state index in [9.17, 15) is 4.79 Å². The van der Waals surface area contributed by atoms with Crippen molar-refractivity contribution < 1.29 is 9.53 Å². The molecule has 0 aromatic carbocycles. The van der Waals surface area contributed by atoms with Gasteiger partial charge in [0.1, 0.15) is 0 Å². The Morgan fingerprint density at radius 1 is 1.67 bits per heavy atom. The van der Waals surface area contributed by atoms with Crippen LogP contribution in [-0.4, -0.2) is 37.6 Å². The summed E-state index contributed by atoms with van der Waals surface area (Å²) < 4.78 is 4.78. The second kappa shape index (κ2) is 6.62. The van der Waals surface area contributed by atoms with Gasteiger partial charge in [0.05, 0.1) is 13.0 Å². The molecule has 0 spiro atoms. The zero-order valence-electron chi connectivity index (χ0n) is 9.58. The number of allylic oxidation sites excluding steroid dienone is 1. The molecule has 0 aliphatic carbocycles. The van der Waals surface area contributed by atoms with Crippen molar-refractivity contribution in [2.75, 3.05) is 26.7 Å². The van der Waals surface area contributed by atoms with Gasteiger partial charge in [0, 0.05) is 6.54 Å². The average Bonchev–Trinajstić information content (AvgIpc) is 2.29. The molecular formula is C12H21NO2. The lowest BCUT2D eigenvalue weighted by Gasteiger charge is -2.31. The first kappa shape index (κ1) is 12.2. The van der Waals surface area contributed by atoms with Gasteiger partial charge in [0.2, 0.25) is 0 Å². The van der Waals surface area contributed by atoms with Crippen molar-refractivity contribution in [2.45, 2.75) is 25.7 Å². The number of carbonyl (C=O) groups is 1. The summed E-state index contributed by atoms with van der Waals surface area (Å²) in [6, 6.07) is 0. The third-order valence-corrected chi connectivity index (χ3v) is 2.92. The molecule has 86 valence electrons. The first-order valence-corrected chi connectivity index (χ1v) is 5.69. The van der Waals surface area contributed by atoms with Gasteiger partial charge in [-0.25, -0.2) is 0 Å². The van der Waals surface area contributed by atoms with Gasteiger partial charge in [-0.05, 0) is 38.8 Å². The van der Waals surface area contributed by atoms with Crippen LogP contribution in [0.1, 0.15) is 25.7 Å². The number of carbonyl (C=O) groups excluding carboxylic acids is 1. The van der Waals surface area contributed by atoms with Gasteiger partial charge in [-0.1, -0.05) is 6.08 Å². The molecule has 0 N–H and O–H groups in total. The largest absolute Gasteiger partial charge is 0.469 e. The number of nitrogens with zero attached hydrogens (tertiary/aromatic N) is 1. The SMILES string of the molecule is C=CCCCN1CCC[C@H](C(=O)OC)C1. The molecular weight excluding hydrogens is 190 g/mol. The molecule has 3 heteroatoms. The van der Waals surface area contributed by atoms with Crippen LogP contribution in [-0.2, 0) is 9.53 Å². The van der Waals surface area contributed by atoms with Gasteiger partial charge in [-0.3, -0.25) is 4.79 Å². The summed E-state index contributed by atoms with van der Waals surface area (Å²) in [5.74, 6) is 0.0379. The molecule has 1 atom stereocenters. The second-order valence-corrected chi connectivity index (χ2v) is 4.09. The molecule has 0 radical (unpaired) electrons. The van der Waals surface area contributed by atoms with Crippen LogP contribution in [0.4, 0.5) is 0 Å². The topological polar surface area (TPSA) is 29.5 Å². The first-order chi connectivity index (χ1) is 7.27. The van der Waals surface area contributed by atoms with Crippen molar-refractivity contribution >= 4 is 5.97 Å². The highest BCUT2D eigenvalue weighted by molar-refractivity contribution is 5.72. The molecule has 1 heterocycles. The van der Waals surface area contributed by atoms with Crippen molar-refractivity contribution in [2.24, 2.45) is 5.92 Å². The Morgan fingerprint density at radius 2 is 2.47 bits per heavy atom. The standard InChI is InChI=1S/C12H21NO2/c1-3-4-5-8-13-9-6-7-11(10-13)12(14)15-2/h3,11H,1,4-10H2,2H3/t11-/m0/s1. The number of esters is 1. The van der Waals surface area contributed by atoms with Gasteiger partial charge >= 0.3 is 5.97 Å². The van der Waals surface area contributed by atoms with E-state index in [4.69, 9.17) is 4.74 Å². The zero-order valence-corrected chi connectivity index (χ0v) is 9.58. The van der Waals surface area contributed by atoms with E-state index in [0.717, 1.165) is 45.3 Å². The Morgan fingerprint density at radius 3 is 3.13 bits per heavy atom. The fourth-order valence-electron chi connectivity index (χ4n) is 2.08. The molecule has 0 aromatic rings. The average molecular weight is 211 g/mol. The maximum Gasteiger partial charge on any atom is 0.309 e. The minimum atomic E-state index is -0.0524. The van der Waals surface area contributed by atoms with Crippen LogP contribution in [0.15, 0.2) is 12.7 Å². The summed E-state index contributed by atoms with van der Waals surface area (Å²) >= 11 is 0. The third kappa shape index (κ3) is 4.04. The normalized spacial score (nSPS) is 22.3. The number of hydrogen-bond donors (Lipinski definition) is 0. The molecule has 0 saturated carbocycles. The van der Waals surface area contributed by atoms with Crippen molar-refractivity contribution in [3.05, 3.63) is 12.7 Å².